The van der Waals surface area contributed by atoms with Gasteiger partial charge in [-0.25, -0.2) is 0 Å². The monoisotopic (exact) mass is 251 g/mol. The summed E-state index contributed by atoms with van der Waals surface area (Å²) in [7, 11) is 3.43. The quantitative estimate of drug-likeness (QED) is 0.770. The smallest absolute Gasteiger partial charge is 0.128 e. The Morgan fingerprint density at radius 2 is 1.44 bits per heavy atom. The van der Waals surface area contributed by atoms with E-state index in [0.717, 1.165) is 35.8 Å². The molecule has 3 nitrogen and oxygen atoms in total. The minimum absolute atomic E-state index is 0.376. The molecule has 0 amide bonds. The molecule has 0 bridgehead atoms. The molecule has 1 aromatic carbocycles. The summed E-state index contributed by atoms with van der Waals surface area (Å²) in [5.41, 5.74) is 2.29. The Bertz CT molecular complexity index is 359. The lowest BCUT2D eigenvalue weighted by atomic mass is 10.00. The van der Waals surface area contributed by atoms with Crippen LogP contribution in [0.25, 0.3) is 0 Å². The first-order valence-electron chi connectivity index (χ1n) is 6.59. The van der Waals surface area contributed by atoms with Gasteiger partial charge in [-0.15, -0.1) is 0 Å². The van der Waals surface area contributed by atoms with E-state index in [-0.39, 0.29) is 0 Å². The predicted octanol–water partition coefficient (Wildman–Crippen LogP) is 3.67. The summed E-state index contributed by atoms with van der Waals surface area (Å²) in [6.45, 7) is 10.6. The molecule has 0 spiro atoms. The van der Waals surface area contributed by atoms with Crippen molar-refractivity contribution >= 4 is 5.69 Å². The van der Waals surface area contributed by atoms with Crippen molar-refractivity contribution in [2.45, 2.75) is 33.6 Å². The van der Waals surface area contributed by atoms with E-state index in [1.807, 2.05) is 0 Å². The summed E-state index contributed by atoms with van der Waals surface area (Å²) in [6, 6.07) is 4.20. The van der Waals surface area contributed by atoms with Crippen molar-refractivity contribution in [2.24, 2.45) is 0 Å². The molecule has 3 heteroatoms. The maximum atomic E-state index is 5.52. The highest BCUT2D eigenvalue weighted by Gasteiger charge is 2.17. The highest BCUT2D eigenvalue weighted by Crippen LogP contribution is 2.39. The number of hydrogen-bond donors (Lipinski definition) is 0. The van der Waals surface area contributed by atoms with Crippen LogP contribution in [0.15, 0.2) is 12.1 Å². The number of benzene rings is 1. The molecule has 0 aliphatic rings. The van der Waals surface area contributed by atoms with Gasteiger partial charge in [0.1, 0.15) is 11.5 Å². The fraction of sp³-hybridized carbons (Fsp3) is 0.600. The van der Waals surface area contributed by atoms with Gasteiger partial charge in [0.2, 0.25) is 0 Å². The van der Waals surface area contributed by atoms with E-state index in [0.29, 0.717) is 5.92 Å². The normalized spacial score (nSPS) is 10.6. The standard InChI is InChI=1S/C15H25NO2/c1-7-16(8-2)12-9-13(17-5)15(11(3)4)14(10-12)18-6/h9-11H,7-8H2,1-6H3. The van der Waals surface area contributed by atoms with Crippen LogP contribution in [-0.2, 0) is 0 Å². The fourth-order valence-electron chi connectivity index (χ4n) is 2.27. The first kappa shape index (κ1) is 14.7. The van der Waals surface area contributed by atoms with E-state index in [2.05, 4.69) is 44.7 Å². The van der Waals surface area contributed by atoms with Crippen molar-refractivity contribution in [1.29, 1.82) is 0 Å². The molecule has 0 radical (unpaired) electrons. The summed E-state index contributed by atoms with van der Waals surface area (Å²) >= 11 is 0. The minimum atomic E-state index is 0.376. The maximum absolute atomic E-state index is 5.52. The molecule has 0 aliphatic heterocycles. The molecular weight excluding hydrogens is 226 g/mol. The first-order valence-corrected chi connectivity index (χ1v) is 6.59. The number of ether oxygens (including phenoxy) is 2. The molecule has 0 aromatic heterocycles. The molecule has 0 saturated carbocycles. The van der Waals surface area contributed by atoms with Crippen LogP contribution in [0.2, 0.25) is 0 Å². The molecule has 0 aliphatic carbocycles. The van der Waals surface area contributed by atoms with Crippen LogP contribution < -0.4 is 14.4 Å². The lowest BCUT2D eigenvalue weighted by Gasteiger charge is -2.24. The summed E-state index contributed by atoms with van der Waals surface area (Å²) in [4.78, 5) is 2.29. The Morgan fingerprint density at radius 3 is 1.72 bits per heavy atom. The lowest BCUT2D eigenvalue weighted by molar-refractivity contribution is 0.382. The second kappa shape index (κ2) is 6.53. The van der Waals surface area contributed by atoms with Gasteiger partial charge in [0.05, 0.1) is 14.2 Å². The largest absolute Gasteiger partial charge is 0.496 e. The number of nitrogens with zero attached hydrogens (tertiary/aromatic N) is 1. The Labute approximate surface area is 111 Å². The molecule has 0 fully saturated rings. The van der Waals surface area contributed by atoms with Gasteiger partial charge >= 0.3 is 0 Å². The summed E-state index contributed by atoms with van der Waals surface area (Å²) < 4.78 is 11.0. The van der Waals surface area contributed by atoms with Crippen LogP contribution in [0.1, 0.15) is 39.2 Å². The molecular formula is C15H25NO2. The third-order valence-electron chi connectivity index (χ3n) is 3.23. The zero-order valence-electron chi connectivity index (χ0n) is 12.4. The summed E-state index contributed by atoms with van der Waals surface area (Å²) in [5.74, 6) is 2.19. The third-order valence-corrected chi connectivity index (χ3v) is 3.23. The van der Waals surface area contributed by atoms with Crippen molar-refractivity contribution in [3.63, 3.8) is 0 Å². The van der Waals surface area contributed by atoms with Gasteiger partial charge in [0, 0.05) is 36.5 Å². The molecule has 102 valence electrons. The average molecular weight is 251 g/mol. The van der Waals surface area contributed by atoms with Crippen LogP contribution >= 0.6 is 0 Å². The van der Waals surface area contributed by atoms with Crippen LogP contribution in [0.5, 0.6) is 11.5 Å². The molecule has 1 rings (SSSR count). The SMILES string of the molecule is CCN(CC)c1cc(OC)c(C(C)C)c(OC)c1. The average Bonchev–Trinajstić information content (AvgIpc) is 2.38. The fourth-order valence-corrected chi connectivity index (χ4v) is 2.27. The molecule has 0 atom stereocenters. The van der Waals surface area contributed by atoms with E-state index in [9.17, 15) is 0 Å². The Morgan fingerprint density at radius 1 is 1.00 bits per heavy atom. The molecule has 0 N–H and O–H groups in total. The van der Waals surface area contributed by atoms with Crippen molar-refractivity contribution in [3.05, 3.63) is 17.7 Å². The van der Waals surface area contributed by atoms with Crippen molar-refractivity contribution in [1.82, 2.24) is 0 Å². The first-order chi connectivity index (χ1) is 8.58. The van der Waals surface area contributed by atoms with Crippen molar-refractivity contribution < 1.29 is 9.47 Å². The zero-order chi connectivity index (χ0) is 13.7. The number of methoxy groups -OCH3 is 2. The van der Waals surface area contributed by atoms with Gasteiger partial charge in [-0.2, -0.15) is 0 Å². The Kier molecular flexibility index (Phi) is 5.32. The molecule has 18 heavy (non-hydrogen) atoms. The van der Waals surface area contributed by atoms with Gasteiger partial charge in [0.15, 0.2) is 0 Å². The summed E-state index contributed by atoms with van der Waals surface area (Å²) in [5, 5.41) is 0. The number of rotatable bonds is 6. The van der Waals surface area contributed by atoms with Gasteiger partial charge in [-0.05, 0) is 19.8 Å². The molecule has 0 saturated heterocycles. The highest BCUT2D eigenvalue weighted by molar-refractivity contribution is 5.61. The molecule has 0 unspecified atom stereocenters. The van der Waals surface area contributed by atoms with Crippen LogP contribution in [-0.4, -0.2) is 27.3 Å². The molecule has 1 aromatic rings. The van der Waals surface area contributed by atoms with E-state index in [4.69, 9.17) is 9.47 Å². The second-order valence-electron chi connectivity index (χ2n) is 4.59. The van der Waals surface area contributed by atoms with Gasteiger partial charge in [-0.3, -0.25) is 0 Å². The van der Waals surface area contributed by atoms with Crippen LogP contribution in [0.3, 0.4) is 0 Å². The van der Waals surface area contributed by atoms with Crippen LogP contribution in [0.4, 0.5) is 5.69 Å². The Hall–Kier alpha value is -1.38. The van der Waals surface area contributed by atoms with Crippen molar-refractivity contribution in [2.75, 3.05) is 32.2 Å². The summed E-state index contributed by atoms with van der Waals surface area (Å²) in [6.07, 6.45) is 0. The zero-order valence-corrected chi connectivity index (χ0v) is 12.4. The van der Waals surface area contributed by atoms with Gasteiger partial charge in [0.25, 0.3) is 0 Å². The number of anilines is 1. The lowest BCUT2D eigenvalue weighted by Crippen LogP contribution is -2.22. The number of hydrogen-bond acceptors (Lipinski definition) is 3. The molecule has 0 heterocycles. The van der Waals surface area contributed by atoms with Gasteiger partial charge in [-0.1, -0.05) is 13.8 Å². The topological polar surface area (TPSA) is 21.7 Å². The maximum Gasteiger partial charge on any atom is 0.128 e. The van der Waals surface area contributed by atoms with E-state index >= 15 is 0 Å². The van der Waals surface area contributed by atoms with Gasteiger partial charge < -0.3 is 14.4 Å². The second-order valence-corrected chi connectivity index (χ2v) is 4.59. The van der Waals surface area contributed by atoms with E-state index in [1.54, 1.807) is 14.2 Å². The highest BCUT2D eigenvalue weighted by atomic mass is 16.5. The van der Waals surface area contributed by atoms with Crippen LogP contribution in [0, 0.1) is 0 Å². The van der Waals surface area contributed by atoms with E-state index in [1.165, 1.54) is 0 Å². The Balaban J connectivity index is 3.34. The predicted molar refractivity (Wildman–Crippen MR) is 77.2 cm³/mol. The van der Waals surface area contributed by atoms with Crippen molar-refractivity contribution in [3.8, 4) is 11.5 Å². The minimum Gasteiger partial charge on any atom is -0.496 e. The van der Waals surface area contributed by atoms with E-state index < -0.39 is 0 Å². The third kappa shape index (κ3) is 2.89.